The summed E-state index contributed by atoms with van der Waals surface area (Å²) in [6.45, 7) is 4.27. The van der Waals surface area contributed by atoms with Crippen LogP contribution in [0.4, 0.5) is 11.4 Å². The molecule has 6 heteroatoms. The Labute approximate surface area is 137 Å². The van der Waals surface area contributed by atoms with Crippen LogP contribution in [0, 0.1) is 6.92 Å². The summed E-state index contributed by atoms with van der Waals surface area (Å²) in [5.74, 6) is 0. The van der Waals surface area contributed by atoms with Gasteiger partial charge < -0.3 is 10.6 Å². The molecule has 0 unspecified atom stereocenters. The van der Waals surface area contributed by atoms with Crippen molar-refractivity contribution in [3.8, 4) is 0 Å². The van der Waals surface area contributed by atoms with Gasteiger partial charge in [0.1, 0.15) is 0 Å². The van der Waals surface area contributed by atoms with E-state index in [9.17, 15) is 8.42 Å². The SMILES string of the molecule is Cc1ccc(S(=O)(=O)N2CCN(c3ccc(N)cc3)CC2)cc1. The van der Waals surface area contributed by atoms with E-state index in [0.29, 0.717) is 31.1 Å². The lowest BCUT2D eigenvalue weighted by atomic mass is 10.2. The predicted octanol–water partition coefficient (Wildman–Crippen LogP) is 2.09. The highest BCUT2D eigenvalue weighted by Crippen LogP contribution is 2.22. The highest BCUT2D eigenvalue weighted by atomic mass is 32.2. The molecule has 1 fully saturated rings. The van der Waals surface area contributed by atoms with E-state index in [-0.39, 0.29) is 0 Å². The van der Waals surface area contributed by atoms with Crippen LogP contribution in [0.5, 0.6) is 0 Å². The molecular weight excluding hydrogens is 310 g/mol. The van der Waals surface area contributed by atoms with Crippen LogP contribution < -0.4 is 10.6 Å². The number of hydrogen-bond acceptors (Lipinski definition) is 4. The van der Waals surface area contributed by atoms with Gasteiger partial charge in [0.2, 0.25) is 10.0 Å². The van der Waals surface area contributed by atoms with E-state index in [0.717, 1.165) is 16.9 Å². The second-order valence-corrected chi connectivity index (χ2v) is 7.73. The molecule has 122 valence electrons. The van der Waals surface area contributed by atoms with Crippen LogP contribution in [0.1, 0.15) is 5.56 Å². The van der Waals surface area contributed by atoms with Gasteiger partial charge in [-0.15, -0.1) is 0 Å². The molecular formula is C17H21N3O2S. The molecule has 1 aliphatic rings. The minimum absolute atomic E-state index is 0.365. The third-order valence-electron chi connectivity index (χ3n) is 4.16. The van der Waals surface area contributed by atoms with Crippen LogP contribution in [0.2, 0.25) is 0 Å². The van der Waals surface area contributed by atoms with Gasteiger partial charge in [-0.3, -0.25) is 0 Å². The molecule has 1 saturated heterocycles. The van der Waals surface area contributed by atoms with E-state index in [1.807, 2.05) is 43.3 Å². The fourth-order valence-corrected chi connectivity index (χ4v) is 4.15. The van der Waals surface area contributed by atoms with Gasteiger partial charge in [-0.2, -0.15) is 4.31 Å². The summed E-state index contributed by atoms with van der Waals surface area (Å²) < 4.78 is 26.9. The maximum atomic E-state index is 12.7. The highest BCUT2D eigenvalue weighted by Gasteiger charge is 2.28. The number of benzene rings is 2. The van der Waals surface area contributed by atoms with E-state index >= 15 is 0 Å². The summed E-state index contributed by atoms with van der Waals surface area (Å²) in [4.78, 5) is 2.55. The summed E-state index contributed by atoms with van der Waals surface area (Å²) in [6, 6.07) is 14.7. The van der Waals surface area contributed by atoms with Crippen molar-refractivity contribution in [1.82, 2.24) is 4.31 Å². The van der Waals surface area contributed by atoms with E-state index in [2.05, 4.69) is 4.90 Å². The van der Waals surface area contributed by atoms with Crippen molar-refractivity contribution in [3.05, 3.63) is 54.1 Å². The van der Waals surface area contributed by atoms with Gasteiger partial charge in [-0.05, 0) is 43.3 Å². The Kier molecular flexibility index (Phi) is 4.28. The lowest BCUT2D eigenvalue weighted by Gasteiger charge is -2.35. The van der Waals surface area contributed by atoms with Gasteiger partial charge >= 0.3 is 0 Å². The fourth-order valence-electron chi connectivity index (χ4n) is 2.73. The predicted molar refractivity (Wildman–Crippen MR) is 93.0 cm³/mol. The zero-order valence-corrected chi connectivity index (χ0v) is 14.0. The molecule has 0 radical (unpaired) electrons. The largest absolute Gasteiger partial charge is 0.399 e. The topological polar surface area (TPSA) is 66.6 Å². The van der Waals surface area contributed by atoms with Gasteiger partial charge in [0.05, 0.1) is 4.90 Å². The van der Waals surface area contributed by atoms with Crippen LogP contribution in [0.15, 0.2) is 53.4 Å². The Morgan fingerprint density at radius 2 is 1.43 bits per heavy atom. The quantitative estimate of drug-likeness (QED) is 0.875. The van der Waals surface area contributed by atoms with Crippen LogP contribution in [0.25, 0.3) is 0 Å². The molecule has 2 aromatic carbocycles. The van der Waals surface area contributed by atoms with Crippen molar-refractivity contribution in [3.63, 3.8) is 0 Å². The Bertz CT molecular complexity index is 762. The first-order valence-electron chi connectivity index (χ1n) is 7.64. The molecule has 0 aromatic heterocycles. The number of sulfonamides is 1. The van der Waals surface area contributed by atoms with Gasteiger partial charge in [0.15, 0.2) is 0 Å². The summed E-state index contributed by atoms with van der Waals surface area (Å²) in [5.41, 5.74) is 8.56. The number of nitrogens with two attached hydrogens (primary N) is 1. The number of nitrogens with zero attached hydrogens (tertiary/aromatic N) is 2. The molecule has 2 N–H and O–H groups in total. The average Bonchev–Trinajstić information content (AvgIpc) is 2.56. The monoisotopic (exact) mass is 331 g/mol. The highest BCUT2D eigenvalue weighted by molar-refractivity contribution is 7.89. The van der Waals surface area contributed by atoms with Crippen LogP contribution in [0.3, 0.4) is 0 Å². The molecule has 1 aliphatic heterocycles. The van der Waals surface area contributed by atoms with Gasteiger partial charge in [-0.1, -0.05) is 17.7 Å². The van der Waals surface area contributed by atoms with Gasteiger partial charge in [-0.25, -0.2) is 8.42 Å². The number of aryl methyl sites for hydroxylation is 1. The number of piperazine rings is 1. The van der Waals surface area contributed by atoms with E-state index in [1.165, 1.54) is 0 Å². The zero-order chi connectivity index (χ0) is 16.4. The van der Waals surface area contributed by atoms with E-state index in [4.69, 9.17) is 5.73 Å². The zero-order valence-electron chi connectivity index (χ0n) is 13.1. The van der Waals surface area contributed by atoms with Crippen molar-refractivity contribution in [2.45, 2.75) is 11.8 Å². The van der Waals surface area contributed by atoms with Crippen molar-refractivity contribution >= 4 is 21.4 Å². The van der Waals surface area contributed by atoms with Crippen molar-refractivity contribution in [2.75, 3.05) is 36.8 Å². The van der Waals surface area contributed by atoms with Crippen molar-refractivity contribution in [1.29, 1.82) is 0 Å². The summed E-state index contributed by atoms with van der Waals surface area (Å²) in [5, 5.41) is 0. The molecule has 3 rings (SSSR count). The first-order valence-corrected chi connectivity index (χ1v) is 9.08. The number of hydrogen-bond donors (Lipinski definition) is 1. The Balaban J connectivity index is 1.70. The maximum Gasteiger partial charge on any atom is 0.243 e. The van der Waals surface area contributed by atoms with E-state index in [1.54, 1.807) is 16.4 Å². The lowest BCUT2D eigenvalue weighted by molar-refractivity contribution is 0.385. The van der Waals surface area contributed by atoms with Crippen LogP contribution >= 0.6 is 0 Å². The van der Waals surface area contributed by atoms with Gasteiger partial charge in [0, 0.05) is 37.6 Å². The Morgan fingerprint density at radius 1 is 0.870 bits per heavy atom. The first kappa shape index (κ1) is 15.8. The molecule has 0 aliphatic carbocycles. The fraction of sp³-hybridized carbons (Fsp3) is 0.294. The minimum Gasteiger partial charge on any atom is -0.399 e. The Hall–Kier alpha value is -2.05. The molecule has 0 spiro atoms. The minimum atomic E-state index is -3.40. The Morgan fingerprint density at radius 3 is 2.00 bits per heavy atom. The third kappa shape index (κ3) is 3.33. The molecule has 2 aromatic rings. The summed E-state index contributed by atoms with van der Waals surface area (Å²) in [6.07, 6.45) is 0. The average molecular weight is 331 g/mol. The molecule has 5 nitrogen and oxygen atoms in total. The van der Waals surface area contributed by atoms with Crippen LogP contribution in [-0.4, -0.2) is 38.9 Å². The maximum absolute atomic E-state index is 12.7. The normalized spacial score (nSPS) is 16.5. The van der Waals surface area contributed by atoms with Crippen LogP contribution in [-0.2, 0) is 10.0 Å². The number of rotatable bonds is 3. The van der Waals surface area contributed by atoms with Gasteiger partial charge in [0.25, 0.3) is 0 Å². The van der Waals surface area contributed by atoms with Crippen molar-refractivity contribution in [2.24, 2.45) is 0 Å². The molecule has 23 heavy (non-hydrogen) atoms. The smallest absolute Gasteiger partial charge is 0.243 e. The van der Waals surface area contributed by atoms with E-state index < -0.39 is 10.0 Å². The summed E-state index contributed by atoms with van der Waals surface area (Å²) in [7, 11) is -3.40. The molecule has 0 atom stereocenters. The number of nitrogen functional groups attached to an aromatic ring is 1. The lowest BCUT2D eigenvalue weighted by Crippen LogP contribution is -2.48. The second kappa shape index (κ2) is 6.22. The second-order valence-electron chi connectivity index (χ2n) is 5.80. The first-order chi connectivity index (χ1) is 11.0. The standard InChI is InChI=1S/C17H21N3O2S/c1-14-2-8-17(9-3-14)23(21,22)20-12-10-19(11-13-20)16-6-4-15(18)5-7-16/h2-9H,10-13,18H2,1H3. The molecule has 1 heterocycles. The molecule has 0 amide bonds. The van der Waals surface area contributed by atoms with Crippen molar-refractivity contribution < 1.29 is 8.42 Å². The molecule has 0 saturated carbocycles. The summed E-state index contributed by atoms with van der Waals surface area (Å²) >= 11 is 0. The number of anilines is 2. The molecule has 0 bridgehead atoms. The third-order valence-corrected chi connectivity index (χ3v) is 6.07.